The first-order chi connectivity index (χ1) is 11.1. The van der Waals surface area contributed by atoms with Crippen molar-refractivity contribution in [2.75, 3.05) is 5.73 Å². The summed E-state index contributed by atoms with van der Waals surface area (Å²) in [5.41, 5.74) is 9.49. The SMILES string of the molecule is Nc1c(-c2ccc3cc(Br)ccc3c2)ccc2cc(Br)ccc12. The summed E-state index contributed by atoms with van der Waals surface area (Å²) in [4.78, 5) is 0. The zero-order valence-corrected chi connectivity index (χ0v) is 15.4. The Labute approximate surface area is 151 Å². The van der Waals surface area contributed by atoms with Crippen LogP contribution in [0.15, 0.2) is 75.7 Å². The van der Waals surface area contributed by atoms with Gasteiger partial charge in [-0.2, -0.15) is 0 Å². The van der Waals surface area contributed by atoms with Crippen LogP contribution in [0.4, 0.5) is 5.69 Å². The van der Waals surface area contributed by atoms with Crippen molar-refractivity contribution in [3.05, 3.63) is 75.7 Å². The Balaban J connectivity index is 1.93. The molecule has 1 nitrogen and oxygen atoms in total. The maximum Gasteiger partial charge on any atom is 0.0473 e. The molecule has 0 aromatic heterocycles. The van der Waals surface area contributed by atoms with Crippen LogP contribution in [0.2, 0.25) is 0 Å². The fourth-order valence-corrected chi connectivity index (χ4v) is 3.72. The Morgan fingerprint density at radius 2 is 1.22 bits per heavy atom. The van der Waals surface area contributed by atoms with Crippen molar-refractivity contribution in [1.82, 2.24) is 0 Å². The summed E-state index contributed by atoms with van der Waals surface area (Å²) in [6, 6.07) is 23.2. The molecule has 0 unspecified atom stereocenters. The second-order valence-electron chi connectivity index (χ2n) is 5.60. The zero-order valence-electron chi connectivity index (χ0n) is 12.2. The Morgan fingerprint density at radius 1 is 0.609 bits per heavy atom. The molecule has 0 amide bonds. The third-order valence-corrected chi connectivity index (χ3v) is 5.12. The van der Waals surface area contributed by atoms with E-state index in [4.69, 9.17) is 5.73 Å². The van der Waals surface area contributed by atoms with Gasteiger partial charge in [0.2, 0.25) is 0 Å². The number of rotatable bonds is 1. The number of hydrogen-bond donors (Lipinski definition) is 1. The van der Waals surface area contributed by atoms with Gasteiger partial charge in [0.05, 0.1) is 0 Å². The van der Waals surface area contributed by atoms with Gasteiger partial charge in [0.25, 0.3) is 0 Å². The van der Waals surface area contributed by atoms with Crippen LogP contribution >= 0.6 is 31.9 Å². The largest absolute Gasteiger partial charge is 0.398 e. The Morgan fingerprint density at radius 3 is 2.04 bits per heavy atom. The lowest BCUT2D eigenvalue weighted by Crippen LogP contribution is -1.92. The normalized spacial score (nSPS) is 11.2. The quantitative estimate of drug-likeness (QED) is 0.334. The summed E-state index contributed by atoms with van der Waals surface area (Å²) >= 11 is 7.03. The van der Waals surface area contributed by atoms with Crippen LogP contribution in [0.3, 0.4) is 0 Å². The molecule has 0 aliphatic rings. The fourth-order valence-electron chi connectivity index (χ4n) is 2.96. The van der Waals surface area contributed by atoms with E-state index >= 15 is 0 Å². The van der Waals surface area contributed by atoms with Gasteiger partial charge >= 0.3 is 0 Å². The number of fused-ring (bicyclic) bond motifs is 2. The lowest BCUT2D eigenvalue weighted by atomic mass is 9.97. The van der Waals surface area contributed by atoms with E-state index in [-0.39, 0.29) is 0 Å². The molecule has 0 aliphatic heterocycles. The van der Waals surface area contributed by atoms with Crippen molar-refractivity contribution in [1.29, 1.82) is 0 Å². The van der Waals surface area contributed by atoms with Crippen molar-refractivity contribution in [3.8, 4) is 11.1 Å². The predicted molar refractivity (Wildman–Crippen MR) is 107 cm³/mol. The Hall–Kier alpha value is -1.84. The average Bonchev–Trinajstić information content (AvgIpc) is 2.54. The molecule has 4 rings (SSSR count). The zero-order chi connectivity index (χ0) is 16.0. The van der Waals surface area contributed by atoms with Crippen LogP contribution in [0, 0.1) is 0 Å². The van der Waals surface area contributed by atoms with E-state index in [1.807, 2.05) is 6.07 Å². The molecule has 0 saturated carbocycles. The minimum Gasteiger partial charge on any atom is -0.398 e. The number of halogens is 2. The highest BCUT2D eigenvalue weighted by atomic mass is 79.9. The van der Waals surface area contributed by atoms with E-state index in [1.54, 1.807) is 0 Å². The van der Waals surface area contributed by atoms with Crippen molar-refractivity contribution < 1.29 is 0 Å². The molecule has 4 aromatic rings. The van der Waals surface area contributed by atoms with Crippen LogP contribution in [0.1, 0.15) is 0 Å². The second-order valence-corrected chi connectivity index (χ2v) is 7.43. The topological polar surface area (TPSA) is 26.0 Å². The van der Waals surface area contributed by atoms with Gasteiger partial charge in [-0.05, 0) is 52.1 Å². The first-order valence-electron chi connectivity index (χ1n) is 7.29. The molecule has 0 atom stereocenters. The van der Waals surface area contributed by atoms with Crippen molar-refractivity contribution in [3.63, 3.8) is 0 Å². The maximum atomic E-state index is 6.45. The highest BCUT2D eigenvalue weighted by molar-refractivity contribution is 9.10. The minimum absolute atomic E-state index is 0.825. The van der Waals surface area contributed by atoms with Gasteiger partial charge < -0.3 is 5.73 Å². The van der Waals surface area contributed by atoms with E-state index in [0.29, 0.717) is 0 Å². The fraction of sp³-hybridized carbons (Fsp3) is 0. The molecule has 0 heterocycles. The summed E-state index contributed by atoms with van der Waals surface area (Å²) in [5.74, 6) is 0. The van der Waals surface area contributed by atoms with Crippen molar-refractivity contribution >= 4 is 59.1 Å². The average molecular weight is 427 g/mol. The van der Waals surface area contributed by atoms with Crippen LogP contribution < -0.4 is 5.73 Å². The molecule has 0 saturated heterocycles. The smallest absolute Gasteiger partial charge is 0.0473 e. The molecule has 4 aromatic carbocycles. The molecule has 0 fully saturated rings. The van der Waals surface area contributed by atoms with E-state index in [9.17, 15) is 0 Å². The number of benzene rings is 4. The van der Waals surface area contributed by atoms with E-state index in [2.05, 4.69) is 92.5 Å². The monoisotopic (exact) mass is 425 g/mol. The van der Waals surface area contributed by atoms with Crippen LogP contribution in [0.25, 0.3) is 32.7 Å². The number of hydrogen-bond acceptors (Lipinski definition) is 1. The van der Waals surface area contributed by atoms with Gasteiger partial charge in [0, 0.05) is 25.6 Å². The minimum atomic E-state index is 0.825. The molecule has 23 heavy (non-hydrogen) atoms. The van der Waals surface area contributed by atoms with E-state index in [0.717, 1.165) is 36.5 Å². The molecule has 0 bridgehead atoms. The Kier molecular flexibility index (Phi) is 3.63. The summed E-state index contributed by atoms with van der Waals surface area (Å²) in [6.07, 6.45) is 0. The molecule has 112 valence electrons. The van der Waals surface area contributed by atoms with E-state index < -0.39 is 0 Å². The second kappa shape index (κ2) is 5.66. The van der Waals surface area contributed by atoms with E-state index in [1.165, 1.54) is 10.8 Å². The third-order valence-electron chi connectivity index (χ3n) is 4.14. The van der Waals surface area contributed by atoms with Gasteiger partial charge in [-0.3, -0.25) is 0 Å². The lowest BCUT2D eigenvalue weighted by Gasteiger charge is -2.11. The van der Waals surface area contributed by atoms with Gasteiger partial charge in [-0.1, -0.05) is 68.3 Å². The lowest BCUT2D eigenvalue weighted by molar-refractivity contribution is 1.64. The summed E-state index contributed by atoms with van der Waals surface area (Å²) in [5, 5.41) is 4.65. The Bertz CT molecular complexity index is 1050. The molecule has 0 aliphatic carbocycles. The first-order valence-corrected chi connectivity index (χ1v) is 8.88. The van der Waals surface area contributed by atoms with Gasteiger partial charge in [-0.15, -0.1) is 0 Å². The van der Waals surface area contributed by atoms with Crippen LogP contribution in [-0.4, -0.2) is 0 Å². The number of nitrogen functional groups attached to an aromatic ring is 1. The van der Waals surface area contributed by atoms with Gasteiger partial charge in [0.15, 0.2) is 0 Å². The summed E-state index contributed by atoms with van der Waals surface area (Å²) < 4.78 is 2.15. The highest BCUT2D eigenvalue weighted by Crippen LogP contribution is 2.35. The summed E-state index contributed by atoms with van der Waals surface area (Å²) in [7, 11) is 0. The third kappa shape index (κ3) is 2.64. The maximum absolute atomic E-state index is 6.45. The molecule has 2 N–H and O–H groups in total. The van der Waals surface area contributed by atoms with Gasteiger partial charge in [0.1, 0.15) is 0 Å². The first kappa shape index (κ1) is 14.7. The van der Waals surface area contributed by atoms with Crippen LogP contribution in [0.5, 0.6) is 0 Å². The molecule has 3 heteroatoms. The standard InChI is InChI=1S/C20H13Br2N/c21-16-5-3-12-9-14(2-1-13(12)10-16)18-7-4-15-11-17(22)6-8-19(15)20(18)23/h1-11H,23H2. The van der Waals surface area contributed by atoms with Crippen molar-refractivity contribution in [2.45, 2.75) is 0 Å². The van der Waals surface area contributed by atoms with Gasteiger partial charge in [-0.25, -0.2) is 0 Å². The molecule has 0 spiro atoms. The molecular formula is C20H13Br2N. The number of nitrogens with two attached hydrogens (primary N) is 1. The number of anilines is 1. The van der Waals surface area contributed by atoms with Crippen LogP contribution in [-0.2, 0) is 0 Å². The summed E-state index contributed by atoms with van der Waals surface area (Å²) in [6.45, 7) is 0. The predicted octanol–water partition coefficient (Wildman–Crippen LogP) is 6.77. The van der Waals surface area contributed by atoms with Crippen molar-refractivity contribution in [2.24, 2.45) is 0 Å². The highest BCUT2D eigenvalue weighted by Gasteiger charge is 2.08. The molecular weight excluding hydrogens is 414 g/mol. The molecule has 0 radical (unpaired) electrons.